The Bertz CT molecular complexity index is 1430. The minimum absolute atomic E-state index is 0.00300. The van der Waals surface area contributed by atoms with Crippen LogP contribution >= 0.6 is 0 Å². The van der Waals surface area contributed by atoms with Crippen molar-refractivity contribution in [2.24, 2.45) is 5.92 Å². The molecule has 2 heterocycles. The summed E-state index contributed by atoms with van der Waals surface area (Å²) >= 11 is 0. The quantitative estimate of drug-likeness (QED) is 0.492. The standard InChI is InChI=1S/C28H31N3O4S/c1-3-4-17-31-25-15-14-24(22-8-5-9-23(26(22)25)28(31)33)29-27(32)20-7-6-16-30(18-20)36(34,35)21-12-10-19(2)11-13-21/h5,8-15,20H,3-4,6-7,16-18H2,1-2H3,(H,29,32). The number of benzene rings is 3. The Morgan fingerprint density at radius 2 is 1.86 bits per heavy atom. The van der Waals surface area contributed by atoms with E-state index in [0.717, 1.165) is 34.9 Å². The topological polar surface area (TPSA) is 86.8 Å². The van der Waals surface area contributed by atoms with Gasteiger partial charge in [-0.3, -0.25) is 9.59 Å². The van der Waals surface area contributed by atoms with Gasteiger partial charge < -0.3 is 10.2 Å². The van der Waals surface area contributed by atoms with Gasteiger partial charge in [-0.05, 0) is 56.5 Å². The monoisotopic (exact) mass is 505 g/mol. The van der Waals surface area contributed by atoms with E-state index in [9.17, 15) is 18.0 Å². The van der Waals surface area contributed by atoms with Gasteiger partial charge in [-0.25, -0.2) is 8.42 Å². The molecular weight excluding hydrogens is 474 g/mol. The number of carbonyl (C=O) groups is 2. The van der Waals surface area contributed by atoms with Gasteiger partial charge in [-0.2, -0.15) is 4.31 Å². The van der Waals surface area contributed by atoms with Gasteiger partial charge in [-0.15, -0.1) is 0 Å². The van der Waals surface area contributed by atoms with Crippen LogP contribution in [-0.2, 0) is 14.8 Å². The SMILES string of the molecule is CCCCN1C(=O)c2cccc3c(NC(=O)C4CCCN(S(=O)(=O)c5ccc(C)cc5)C4)ccc1c23. The molecule has 3 aromatic rings. The zero-order valence-electron chi connectivity index (χ0n) is 20.7. The number of piperidine rings is 1. The van der Waals surface area contributed by atoms with E-state index in [-0.39, 0.29) is 23.3 Å². The molecular formula is C28H31N3O4S. The summed E-state index contributed by atoms with van der Waals surface area (Å²) in [5.41, 5.74) is 3.17. The Balaban J connectivity index is 1.37. The van der Waals surface area contributed by atoms with Gasteiger partial charge in [0.1, 0.15) is 0 Å². The molecule has 1 fully saturated rings. The van der Waals surface area contributed by atoms with Gasteiger partial charge in [-0.1, -0.05) is 43.2 Å². The molecule has 1 saturated heterocycles. The summed E-state index contributed by atoms with van der Waals surface area (Å²) in [7, 11) is -3.67. The lowest BCUT2D eigenvalue weighted by molar-refractivity contribution is -0.120. The fraction of sp³-hybridized carbons (Fsp3) is 0.357. The van der Waals surface area contributed by atoms with Gasteiger partial charge in [0, 0.05) is 41.7 Å². The maximum Gasteiger partial charge on any atom is 0.258 e. The largest absolute Gasteiger partial charge is 0.325 e. The highest BCUT2D eigenvalue weighted by molar-refractivity contribution is 7.89. The smallest absolute Gasteiger partial charge is 0.258 e. The normalized spacial score (nSPS) is 18.1. The Morgan fingerprint density at radius 3 is 2.61 bits per heavy atom. The summed E-state index contributed by atoms with van der Waals surface area (Å²) in [5, 5.41) is 4.73. The van der Waals surface area contributed by atoms with Crippen molar-refractivity contribution in [2.45, 2.75) is 44.4 Å². The Kier molecular flexibility index (Phi) is 6.57. The molecule has 1 N–H and O–H groups in total. The molecule has 2 aliphatic heterocycles. The van der Waals surface area contributed by atoms with E-state index in [1.165, 1.54) is 4.31 Å². The third-order valence-corrected chi connectivity index (χ3v) is 9.07. The molecule has 8 heteroatoms. The van der Waals surface area contributed by atoms with E-state index >= 15 is 0 Å². The van der Waals surface area contributed by atoms with Crippen LogP contribution in [-0.4, -0.2) is 44.2 Å². The number of carbonyl (C=O) groups excluding carboxylic acids is 2. The Labute approximate surface area is 212 Å². The van der Waals surface area contributed by atoms with E-state index < -0.39 is 15.9 Å². The number of sulfonamides is 1. The summed E-state index contributed by atoms with van der Waals surface area (Å²) in [4.78, 5) is 28.4. The fourth-order valence-corrected chi connectivity index (χ4v) is 6.69. The molecule has 0 bridgehead atoms. The average Bonchev–Trinajstić information content (AvgIpc) is 3.16. The zero-order chi connectivity index (χ0) is 25.4. The summed E-state index contributed by atoms with van der Waals surface area (Å²) < 4.78 is 27.8. The minimum atomic E-state index is -3.67. The van der Waals surface area contributed by atoms with E-state index in [1.54, 1.807) is 24.3 Å². The maximum atomic E-state index is 13.3. The van der Waals surface area contributed by atoms with Gasteiger partial charge in [0.25, 0.3) is 5.91 Å². The highest BCUT2D eigenvalue weighted by Crippen LogP contribution is 2.41. The average molecular weight is 506 g/mol. The van der Waals surface area contributed by atoms with E-state index in [4.69, 9.17) is 0 Å². The third kappa shape index (κ3) is 4.29. The van der Waals surface area contributed by atoms with Crippen molar-refractivity contribution < 1.29 is 18.0 Å². The van der Waals surface area contributed by atoms with Crippen molar-refractivity contribution in [3.05, 3.63) is 65.7 Å². The molecule has 0 saturated carbocycles. The van der Waals surface area contributed by atoms with E-state index in [2.05, 4.69) is 12.2 Å². The fourth-order valence-electron chi connectivity index (χ4n) is 5.16. The van der Waals surface area contributed by atoms with Crippen molar-refractivity contribution in [1.29, 1.82) is 0 Å². The van der Waals surface area contributed by atoms with Crippen LogP contribution in [0.4, 0.5) is 11.4 Å². The molecule has 1 atom stereocenters. The van der Waals surface area contributed by atoms with Crippen LogP contribution in [0.15, 0.2) is 59.5 Å². The second kappa shape index (κ2) is 9.67. The molecule has 5 rings (SSSR count). The van der Waals surface area contributed by atoms with Crippen LogP contribution in [0.2, 0.25) is 0 Å². The predicted molar refractivity (Wildman–Crippen MR) is 142 cm³/mol. The molecule has 2 aliphatic rings. The molecule has 7 nitrogen and oxygen atoms in total. The lowest BCUT2D eigenvalue weighted by Gasteiger charge is -2.31. The van der Waals surface area contributed by atoms with Crippen molar-refractivity contribution in [3.63, 3.8) is 0 Å². The summed E-state index contributed by atoms with van der Waals surface area (Å²) in [6, 6.07) is 16.1. The first-order valence-electron chi connectivity index (χ1n) is 12.6. The predicted octanol–water partition coefficient (Wildman–Crippen LogP) is 4.95. The molecule has 0 spiro atoms. The van der Waals surface area contributed by atoms with Crippen molar-refractivity contribution in [1.82, 2.24) is 4.31 Å². The molecule has 0 aliphatic carbocycles. The van der Waals surface area contributed by atoms with Gasteiger partial charge >= 0.3 is 0 Å². The summed E-state index contributed by atoms with van der Waals surface area (Å²) in [5.74, 6) is -0.659. The molecule has 188 valence electrons. The second-order valence-electron chi connectivity index (χ2n) is 9.68. The number of rotatable bonds is 7. The van der Waals surface area contributed by atoms with E-state index in [0.29, 0.717) is 37.2 Å². The second-order valence-corrected chi connectivity index (χ2v) is 11.6. The minimum Gasteiger partial charge on any atom is -0.325 e. The van der Waals surface area contributed by atoms with Crippen LogP contribution in [0.25, 0.3) is 10.8 Å². The summed E-state index contributed by atoms with van der Waals surface area (Å²) in [6.45, 7) is 5.22. The number of hydrogen-bond donors (Lipinski definition) is 1. The molecule has 0 radical (unpaired) electrons. The van der Waals surface area contributed by atoms with Gasteiger partial charge in [0.2, 0.25) is 15.9 Å². The third-order valence-electron chi connectivity index (χ3n) is 7.19. The highest BCUT2D eigenvalue weighted by Gasteiger charge is 2.34. The zero-order valence-corrected chi connectivity index (χ0v) is 21.5. The highest BCUT2D eigenvalue weighted by atomic mass is 32.2. The van der Waals surface area contributed by atoms with Crippen LogP contribution in [0.1, 0.15) is 48.5 Å². The van der Waals surface area contributed by atoms with Crippen molar-refractivity contribution >= 4 is 44.0 Å². The van der Waals surface area contributed by atoms with Crippen molar-refractivity contribution in [2.75, 3.05) is 29.9 Å². The lowest BCUT2D eigenvalue weighted by atomic mass is 9.98. The first kappa shape index (κ1) is 24.5. The molecule has 3 aromatic carbocycles. The van der Waals surface area contributed by atoms with Crippen LogP contribution in [0.5, 0.6) is 0 Å². The van der Waals surface area contributed by atoms with Crippen LogP contribution in [0, 0.1) is 12.8 Å². The van der Waals surface area contributed by atoms with Crippen LogP contribution in [0.3, 0.4) is 0 Å². The molecule has 2 amide bonds. The number of unbranched alkanes of at least 4 members (excludes halogenated alkanes) is 1. The number of hydrogen-bond acceptors (Lipinski definition) is 4. The first-order valence-corrected chi connectivity index (χ1v) is 14.0. The number of amides is 2. The van der Waals surface area contributed by atoms with Gasteiger partial charge in [0.05, 0.1) is 16.5 Å². The first-order chi connectivity index (χ1) is 17.3. The van der Waals surface area contributed by atoms with Gasteiger partial charge in [0.15, 0.2) is 0 Å². The van der Waals surface area contributed by atoms with Crippen molar-refractivity contribution in [3.8, 4) is 0 Å². The number of nitrogens with one attached hydrogen (secondary N) is 1. The molecule has 36 heavy (non-hydrogen) atoms. The number of anilines is 2. The lowest BCUT2D eigenvalue weighted by Crippen LogP contribution is -2.43. The van der Waals surface area contributed by atoms with Crippen LogP contribution < -0.4 is 10.2 Å². The number of nitrogens with zero attached hydrogens (tertiary/aromatic N) is 2. The maximum absolute atomic E-state index is 13.3. The Hall–Kier alpha value is -3.23. The molecule has 1 unspecified atom stereocenters. The Morgan fingerprint density at radius 1 is 1.08 bits per heavy atom. The van der Waals surface area contributed by atoms with E-state index in [1.807, 2.05) is 42.2 Å². The number of aryl methyl sites for hydroxylation is 1. The molecule has 0 aromatic heterocycles. The summed E-state index contributed by atoms with van der Waals surface area (Å²) in [6.07, 6.45) is 3.16.